The number of aryl methyl sites for hydroxylation is 1. The molecule has 0 saturated carbocycles. The van der Waals surface area contributed by atoms with Crippen LogP contribution >= 0.6 is 22.6 Å². The van der Waals surface area contributed by atoms with Gasteiger partial charge in [0.15, 0.2) is 0 Å². The fourth-order valence-electron chi connectivity index (χ4n) is 3.27. The van der Waals surface area contributed by atoms with Gasteiger partial charge in [-0.3, -0.25) is 9.59 Å². The summed E-state index contributed by atoms with van der Waals surface area (Å²) in [5.41, 5.74) is 2.03. The average Bonchev–Trinajstić information content (AvgIpc) is 2.83. The van der Waals surface area contributed by atoms with Crippen LogP contribution in [0.4, 0.5) is 0 Å². The Balaban J connectivity index is 1.71. The third-order valence-corrected chi connectivity index (χ3v) is 6.16. The minimum Gasteiger partial charge on any atom is -0.356 e. The van der Waals surface area contributed by atoms with Crippen molar-refractivity contribution in [2.75, 3.05) is 19.6 Å². The standard InChI is InChI=1S/C16H19IN2O2/c1-11-3-2-4-12(14(11)17)15(21)19-7-5-16(6-8-19)9-13(20)18-10-16/h2-4H,5-10H2,1H3,(H,18,20). The molecule has 0 atom stereocenters. The van der Waals surface area contributed by atoms with Gasteiger partial charge < -0.3 is 10.2 Å². The van der Waals surface area contributed by atoms with Crippen molar-refractivity contribution >= 4 is 34.4 Å². The summed E-state index contributed by atoms with van der Waals surface area (Å²) in [4.78, 5) is 26.1. The molecule has 0 aromatic heterocycles. The Morgan fingerprint density at radius 3 is 2.67 bits per heavy atom. The zero-order valence-corrected chi connectivity index (χ0v) is 14.3. The highest BCUT2D eigenvalue weighted by atomic mass is 127. The van der Waals surface area contributed by atoms with Gasteiger partial charge in [0, 0.05) is 29.6 Å². The van der Waals surface area contributed by atoms with Crippen LogP contribution < -0.4 is 5.32 Å². The van der Waals surface area contributed by atoms with Gasteiger partial charge >= 0.3 is 0 Å². The van der Waals surface area contributed by atoms with Crippen LogP contribution in [0.15, 0.2) is 18.2 Å². The minimum atomic E-state index is 0.0909. The van der Waals surface area contributed by atoms with E-state index in [1.807, 2.05) is 30.0 Å². The number of likely N-dealkylation sites (tertiary alicyclic amines) is 1. The molecular formula is C16H19IN2O2. The second kappa shape index (κ2) is 5.59. The van der Waals surface area contributed by atoms with Crippen molar-refractivity contribution in [2.45, 2.75) is 26.2 Å². The summed E-state index contributed by atoms with van der Waals surface area (Å²) in [6.45, 7) is 4.30. The molecule has 2 aliphatic rings. The molecule has 2 saturated heterocycles. The van der Waals surface area contributed by atoms with Crippen molar-refractivity contribution in [3.05, 3.63) is 32.9 Å². The number of rotatable bonds is 1. The van der Waals surface area contributed by atoms with E-state index in [0.29, 0.717) is 6.42 Å². The summed E-state index contributed by atoms with van der Waals surface area (Å²) in [5.74, 6) is 0.276. The van der Waals surface area contributed by atoms with Crippen LogP contribution in [-0.4, -0.2) is 36.3 Å². The third-order valence-electron chi connectivity index (χ3n) is 4.73. The van der Waals surface area contributed by atoms with Crippen molar-refractivity contribution in [1.29, 1.82) is 0 Å². The van der Waals surface area contributed by atoms with E-state index >= 15 is 0 Å². The molecule has 0 radical (unpaired) electrons. The van der Waals surface area contributed by atoms with E-state index in [0.717, 1.165) is 47.2 Å². The summed E-state index contributed by atoms with van der Waals surface area (Å²) < 4.78 is 1.04. The van der Waals surface area contributed by atoms with E-state index < -0.39 is 0 Å². The lowest BCUT2D eigenvalue weighted by Crippen LogP contribution is -2.44. The molecule has 2 fully saturated rings. The number of nitrogens with one attached hydrogen (secondary N) is 1. The maximum absolute atomic E-state index is 12.7. The first kappa shape index (κ1) is 14.8. The van der Waals surface area contributed by atoms with E-state index in [-0.39, 0.29) is 17.2 Å². The minimum absolute atomic E-state index is 0.0909. The van der Waals surface area contributed by atoms with Crippen molar-refractivity contribution in [3.63, 3.8) is 0 Å². The predicted molar refractivity (Wildman–Crippen MR) is 89.1 cm³/mol. The van der Waals surface area contributed by atoms with Gasteiger partial charge in [0.1, 0.15) is 0 Å². The zero-order chi connectivity index (χ0) is 15.0. The Morgan fingerprint density at radius 2 is 2.05 bits per heavy atom. The molecule has 21 heavy (non-hydrogen) atoms. The van der Waals surface area contributed by atoms with Crippen molar-refractivity contribution in [3.8, 4) is 0 Å². The van der Waals surface area contributed by atoms with Gasteiger partial charge in [0.05, 0.1) is 5.56 Å². The van der Waals surface area contributed by atoms with E-state index in [1.54, 1.807) is 0 Å². The second-order valence-electron chi connectivity index (χ2n) is 6.18. The molecule has 3 rings (SSSR count). The Kier molecular flexibility index (Phi) is 3.94. The maximum Gasteiger partial charge on any atom is 0.254 e. The molecule has 112 valence electrons. The molecule has 1 N–H and O–H groups in total. The van der Waals surface area contributed by atoms with Gasteiger partial charge in [-0.15, -0.1) is 0 Å². The van der Waals surface area contributed by atoms with Crippen molar-refractivity contribution in [2.24, 2.45) is 5.41 Å². The molecule has 1 aromatic rings. The number of nitrogens with zero attached hydrogens (tertiary/aromatic N) is 1. The van der Waals surface area contributed by atoms with Gasteiger partial charge in [-0.2, -0.15) is 0 Å². The average molecular weight is 398 g/mol. The normalized spacial score (nSPS) is 20.7. The van der Waals surface area contributed by atoms with Crippen LogP contribution in [0.2, 0.25) is 0 Å². The van der Waals surface area contributed by atoms with Crippen LogP contribution in [0.5, 0.6) is 0 Å². The summed E-state index contributed by atoms with van der Waals surface area (Å²) in [7, 11) is 0. The Morgan fingerprint density at radius 1 is 1.33 bits per heavy atom. The number of hydrogen-bond donors (Lipinski definition) is 1. The van der Waals surface area contributed by atoms with Crippen molar-refractivity contribution < 1.29 is 9.59 Å². The number of piperidine rings is 1. The first-order chi connectivity index (χ1) is 10.0. The van der Waals surface area contributed by atoms with E-state index in [9.17, 15) is 9.59 Å². The Labute approximate surface area is 138 Å². The lowest BCUT2D eigenvalue weighted by atomic mass is 9.77. The highest BCUT2D eigenvalue weighted by molar-refractivity contribution is 14.1. The number of amides is 2. The topological polar surface area (TPSA) is 49.4 Å². The molecule has 2 amide bonds. The third kappa shape index (κ3) is 2.80. The zero-order valence-electron chi connectivity index (χ0n) is 12.1. The fraction of sp³-hybridized carbons (Fsp3) is 0.500. The smallest absolute Gasteiger partial charge is 0.254 e. The summed E-state index contributed by atoms with van der Waals surface area (Å²) >= 11 is 2.25. The molecule has 1 aromatic carbocycles. The van der Waals surface area contributed by atoms with E-state index in [4.69, 9.17) is 0 Å². The van der Waals surface area contributed by atoms with Gasteiger partial charge in [0.25, 0.3) is 5.91 Å². The van der Waals surface area contributed by atoms with Crippen LogP contribution in [0.1, 0.15) is 35.2 Å². The predicted octanol–water partition coefficient (Wildman–Crippen LogP) is 2.34. The lowest BCUT2D eigenvalue weighted by molar-refractivity contribution is -0.119. The molecule has 1 spiro atoms. The highest BCUT2D eigenvalue weighted by Crippen LogP contribution is 2.37. The van der Waals surface area contributed by atoms with E-state index in [2.05, 4.69) is 27.9 Å². The van der Waals surface area contributed by atoms with Crippen LogP contribution in [0.3, 0.4) is 0 Å². The Hall–Kier alpha value is -1.11. The number of benzene rings is 1. The SMILES string of the molecule is Cc1cccc(C(=O)N2CCC3(CC2)CNC(=O)C3)c1I. The molecule has 0 aliphatic carbocycles. The first-order valence-corrected chi connectivity index (χ1v) is 8.40. The molecule has 4 nitrogen and oxygen atoms in total. The molecular weight excluding hydrogens is 379 g/mol. The lowest BCUT2D eigenvalue weighted by Gasteiger charge is -2.38. The largest absolute Gasteiger partial charge is 0.356 e. The number of carbonyl (C=O) groups excluding carboxylic acids is 2. The second-order valence-corrected chi connectivity index (χ2v) is 7.26. The highest BCUT2D eigenvalue weighted by Gasteiger charge is 2.41. The first-order valence-electron chi connectivity index (χ1n) is 7.32. The van der Waals surface area contributed by atoms with Gasteiger partial charge in [0.2, 0.25) is 5.91 Å². The quantitative estimate of drug-likeness (QED) is 0.739. The molecule has 0 unspecified atom stereocenters. The molecule has 5 heteroatoms. The fourth-order valence-corrected chi connectivity index (χ4v) is 3.86. The maximum atomic E-state index is 12.7. The van der Waals surface area contributed by atoms with Gasteiger partial charge in [-0.05, 0) is 59.4 Å². The molecule has 0 bridgehead atoms. The van der Waals surface area contributed by atoms with E-state index in [1.165, 1.54) is 0 Å². The van der Waals surface area contributed by atoms with Gasteiger partial charge in [-0.25, -0.2) is 0 Å². The number of carbonyl (C=O) groups is 2. The summed E-state index contributed by atoms with van der Waals surface area (Å²) in [6.07, 6.45) is 2.46. The van der Waals surface area contributed by atoms with Gasteiger partial charge in [-0.1, -0.05) is 12.1 Å². The Bertz CT molecular complexity index is 592. The monoisotopic (exact) mass is 398 g/mol. The van der Waals surface area contributed by atoms with Crippen molar-refractivity contribution in [1.82, 2.24) is 10.2 Å². The van der Waals surface area contributed by atoms with Crippen LogP contribution in [-0.2, 0) is 4.79 Å². The molecule has 2 aliphatic heterocycles. The number of halogens is 1. The van der Waals surface area contributed by atoms with Crippen LogP contribution in [0.25, 0.3) is 0 Å². The van der Waals surface area contributed by atoms with Crippen LogP contribution in [0, 0.1) is 15.9 Å². The number of hydrogen-bond acceptors (Lipinski definition) is 2. The summed E-state index contributed by atoms with van der Waals surface area (Å²) in [6, 6.07) is 5.87. The summed E-state index contributed by atoms with van der Waals surface area (Å²) in [5, 5.41) is 2.93. The molecule has 2 heterocycles.